The molecule has 0 saturated heterocycles. The molecule has 2 aromatic heterocycles. The highest BCUT2D eigenvalue weighted by Crippen LogP contribution is 2.23. The van der Waals surface area contributed by atoms with E-state index >= 15 is 0 Å². The molecule has 2 N–H and O–H groups in total. The molecule has 0 aliphatic heterocycles. The van der Waals surface area contributed by atoms with Gasteiger partial charge in [-0.3, -0.25) is 10.1 Å². The summed E-state index contributed by atoms with van der Waals surface area (Å²) in [4.78, 5) is 7.96. The van der Waals surface area contributed by atoms with Gasteiger partial charge in [-0.1, -0.05) is 11.6 Å². The van der Waals surface area contributed by atoms with Crippen LogP contribution >= 0.6 is 11.6 Å². The van der Waals surface area contributed by atoms with Gasteiger partial charge in [-0.2, -0.15) is 5.10 Å². The van der Waals surface area contributed by atoms with Gasteiger partial charge in [0.1, 0.15) is 12.2 Å². The highest BCUT2D eigenvalue weighted by molar-refractivity contribution is 6.33. The topological polar surface area (TPSA) is 66.5 Å². The van der Waals surface area contributed by atoms with E-state index in [1.165, 1.54) is 6.33 Å². The second-order valence-electron chi connectivity index (χ2n) is 3.09. The predicted molar refractivity (Wildman–Crippen MR) is 57.7 cm³/mol. The van der Waals surface area contributed by atoms with Crippen molar-refractivity contribution in [1.82, 2.24) is 20.2 Å². The smallest absolute Gasteiger partial charge is 0.146 e. The van der Waals surface area contributed by atoms with E-state index in [9.17, 15) is 0 Å². The maximum Gasteiger partial charge on any atom is 0.146 e. The number of aromatic nitrogens is 4. The second kappa shape index (κ2) is 4.27. The van der Waals surface area contributed by atoms with Crippen LogP contribution in [0.3, 0.4) is 0 Å². The third-order valence-electron chi connectivity index (χ3n) is 1.99. The quantitative estimate of drug-likeness (QED) is 0.836. The first kappa shape index (κ1) is 9.92. The summed E-state index contributed by atoms with van der Waals surface area (Å²) in [5.74, 6) is 0.767. The molecule has 0 saturated carbocycles. The van der Waals surface area contributed by atoms with Gasteiger partial charge in [0.15, 0.2) is 0 Å². The molecule has 78 valence electrons. The van der Waals surface area contributed by atoms with E-state index in [0.717, 1.165) is 11.5 Å². The Balaban J connectivity index is 2.13. The normalized spacial score (nSPS) is 12.4. The van der Waals surface area contributed by atoms with Crippen LogP contribution in [0.5, 0.6) is 0 Å². The Morgan fingerprint density at radius 3 is 3.07 bits per heavy atom. The van der Waals surface area contributed by atoms with Crippen LogP contribution in [0.15, 0.2) is 24.8 Å². The number of nitrogens with one attached hydrogen (secondary N) is 2. The van der Waals surface area contributed by atoms with Gasteiger partial charge >= 0.3 is 0 Å². The van der Waals surface area contributed by atoms with E-state index in [1.54, 1.807) is 12.4 Å². The number of H-pyrrole nitrogens is 1. The SMILES string of the molecule is CC(Nc1ccncc1Cl)c1ncn[nH]1. The molecule has 0 amide bonds. The Morgan fingerprint density at radius 2 is 2.40 bits per heavy atom. The summed E-state index contributed by atoms with van der Waals surface area (Å²) >= 11 is 5.96. The molecule has 5 nitrogen and oxygen atoms in total. The van der Waals surface area contributed by atoms with Crippen LogP contribution in [0.1, 0.15) is 18.8 Å². The lowest BCUT2D eigenvalue weighted by Gasteiger charge is -2.13. The zero-order chi connectivity index (χ0) is 10.7. The van der Waals surface area contributed by atoms with Gasteiger partial charge in [-0.15, -0.1) is 0 Å². The van der Waals surface area contributed by atoms with E-state index in [1.807, 2.05) is 13.0 Å². The molecule has 15 heavy (non-hydrogen) atoms. The number of halogens is 1. The van der Waals surface area contributed by atoms with Gasteiger partial charge in [0.2, 0.25) is 0 Å². The molecular weight excluding hydrogens is 214 g/mol. The maximum absolute atomic E-state index is 5.96. The zero-order valence-electron chi connectivity index (χ0n) is 8.11. The van der Waals surface area contributed by atoms with Crippen molar-refractivity contribution in [2.24, 2.45) is 0 Å². The van der Waals surface area contributed by atoms with Crippen molar-refractivity contribution >= 4 is 17.3 Å². The Bertz CT molecular complexity index is 428. The lowest BCUT2D eigenvalue weighted by Crippen LogP contribution is -2.08. The fourth-order valence-electron chi connectivity index (χ4n) is 1.22. The number of anilines is 1. The molecule has 1 unspecified atom stereocenters. The molecule has 0 bridgehead atoms. The molecule has 0 aliphatic carbocycles. The van der Waals surface area contributed by atoms with Crippen molar-refractivity contribution in [2.75, 3.05) is 5.32 Å². The van der Waals surface area contributed by atoms with Crippen LogP contribution in [0.4, 0.5) is 5.69 Å². The molecule has 0 aliphatic rings. The molecule has 2 heterocycles. The lowest BCUT2D eigenvalue weighted by molar-refractivity contribution is 0.795. The fourth-order valence-corrected chi connectivity index (χ4v) is 1.39. The Kier molecular flexibility index (Phi) is 2.82. The Morgan fingerprint density at radius 1 is 1.53 bits per heavy atom. The minimum atomic E-state index is 0.0207. The summed E-state index contributed by atoms with van der Waals surface area (Å²) in [6.07, 6.45) is 4.75. The molecule has 2 aromatic rings. The summed E-state index contributed by atoms with van der Waals surface area (Å²) in [5, 5.41) is 10.4. The first-order valence-corrected chi connectivity index (χ1v) is 4.86. The van der Waals surface area contributed by atoms with Crippen molar-refractivity contribution in [3.05, 3.63) is 35.6 Å². The van der Waals surface area contributed by atoms with Gasteiger partial charge < -0.3 is 5.32 Å². The molecule has 2 rings (SSSR count). The third-order valence-corrected chi connectivity index (χ3v) is 2.29. The van der Waals surface area contributed by atoms with E-state index < -0.39 is 0 Å². The Labute approximate surface area is 91.9 Å². The third kappa shape index (κ3) is 2.24. The average molecular weight is 224 g/mol. The van der Waals surface area contributed by atoms with Crippen LogP contribution in [0.2, 0.25) is 5.02 Å². The van der Waals surface area contributed by atoms with Crippen molar-refractivity contribution in [1.29, 1.82) is 0 Å². The summed E-state index contributed by atoms with van der Waals surface area (Å²) in [7, 11) is 0. The van der Waals surface area contributed by atoms with Gasteiger partial charge in [-0.25, -0.2) is 4.98 Å². The van der Waals surface area contributed by atoms with Gasteiger partial charge in [0, 0.05) is 12.4 Å². The van der Waals surface area contributed by atoms with Crippen molar-refractivity contribution in [3.63, 3.8) is 0 Å². The first-order chi connectivity index (χ1) is 7.27. The van der Waals surface area contributed by atoms with Gasteiger partial charge in [-0.05, 0) is 13.0 Å². The average Bonchev–Trinajstić information content (AvgIpc) is 2.74. The number of nitrogens with zero attached hydrogens (tertiary/aromatic N) is 3. The van der Waals surface area contributed by atoms with Crippen LogP contribution in [0, 0.1) is 0 Å². The highest BCUT2D eigenvalue weighted by atomic mass is 35.5. The summed E-state index contributed by atoms with van der Waals surface area (Å²) in [6, 6.07) is 1.84. The van der Waals surface area contributed by atoms with Crippen LogP contribution < -0.4 is 5.32 Å². The summed E-state index contributed by atoms with van der Waals surface area (Å²) in [6.45, 7) is 1.97. The number of hydrogen-bond acceptors (Lipinski definition) is 4. The molecule has 0 fully saturated rings. The number of pyridine rings is 1. The van der Waals surface area contributed by atoms with E-state index in [-0.39, 0.29) is 6.04 Å². The lowest BCUT2D eigenvalue weighted by atomic mass is 10.3. The Hall–Kier alpha value is -1.62. The van der Waals surface area contributed by atoms with Crippen molar-refractivity contribution in [3.8, 4) is 0 Å². The zero-order valence-corrected chi connectivity index (χ0v) is 8.86. The molecular formula is C9H10ClN5. The van der Waals surface area contributed by atoms with E-state index in [0.29, 0.717) is 5.02 Å². The molecule has 1 atom stereocenters. The molecule has 0 aromatic carbocycles. The van der Waals surface area contributed by atoms with Crippen LogP contribution in [0.25, 0.3) is 0 Å². The second-order valence-corrected chi connectivity index (χ2v) is 3.50. The van der Waals surface area contributed by atoms with Crippen molar-refractivity contribution < 1.29 is 0 Å². The van der Waals surface area contributed by atoms with Gasteiger partial charge in [0.25, 0.3) is 0 Å². The van der Waals surface area contributed by atoms with Crippen LogP contribution in [-0.2, 0) is 0 Å². The number of hydrogen-bond donors (Lipinski definition) is 2. The predicted octanol–water partition coefficient (Wildman–Crippen LogP) is 2.03. The summed E-state index contributed by atoms with van der Waals surface area (Å²) in [5.41, 5.74) is 0.829. The standard InChI is InChI=1S/C9H10ClN5/c1-6(9-12-5-13-15-9)14-8-2-3-11-4-7(8)10/h2-6H,1H3,(H,11,14)(H,12,13,15). The van der Waals surface area contributed by atoms with Gasteiger partial charge in [0.05, 0.1) is 16.8 Å². The van der Waals surface area contributed by atoms with Crippen LogP contribution in [-0.4, -0.2) is 20.2 Å². The largest absolute Gasteiger partial charge is 0.374 e. The number of rotatable bonds is 3. The molecule has 0 radical (unpaired) electrons. The summed E-state index contributed by atoms with van der Waals surface area (Å²) < 4.78 is 0. The van der Waals surface area contributed by atoms with E-state index in [4.69, 9.17) is 11.6 Å². The molecule has 6 heteroatoms. The maximum atomic E-state index is 5.96. The number of aromatic amines is 1. The minimum Gasteiger partial charge on any atom is -0.374 e. The van der Waals surface area contributed by atoms with E-state index in [2.05, 4.69) is 25.5 Å². The van der Waals surface area contributed by atoms with Crippen molar-refractivity contribution in [2.45, 2.75) is 13.0 Å². The fraction of sp³-hybridized carbons (Fsp3) is 0.222. The minimum absolute atomic E-state index is 0.0207. The monoisotopic (exact) mass is 223 g/mol. The highest BCUT2D eigenvalue weighted by Gasteiger charge is 2.09. The molecule has 0 spiro atoms. The first-order valence-electron chi connectivity index (χ1n) is 4.48.